The van der Waals surface area contributed by atoms with Gasteiger partial charge in [-0.15, -0.1) is 0 Å². The zero-order valence-electron chi connectivity index (χ0n) is 9.79. The van der Waals surface area contributed by atoms with Gasteiger partial charge in [-0.2, -0.15) is 11.8 Å². The number of likely N-dealkylation sites (tertiary alicyclic amines) is 1. The van der Waals surface area contributed by atoms with Gasteiger partial charge in [-0.05, 0) is 33.1 Å². The number of rotatable bonds is 5. The van der Waals surface area contributed by atoms with Crippen LogP contribution in [0.2, 0.25) is 0 Å². The zero-order valence-corrected chi connectivity index (χ0v) is 10.6. The standard InChI is InChI=1S/C11H23NOS/c1-9(14-4)5-6-12-7-10(8-12)11(2,3)13/h9-10,13H,5-8H2,1-4H3. The fourth-order valence-electron chi connectivity index (χ4n) is 1.68. The molecule has 1 N–H and O–H groups in total. The highest BCUT2D eigenvalue weighted by Crippen LogP contribution is 2.27. The van der Waals surface area contributed by atoms with Gasteiger partial charge >= 0.3 is 0 Å². The molecule has 1 aliphatic heterocycles. The fourth-order valence-corrected chi connectivity index (χ4v) is 2.02. The molecule has 3 heteroatoms. The van der Waals surface area contributed by atoms with E-state index in [1.54, 1.807) is 0 Å². The van der Waals surface area contributed by atoms with E-state index in [2.05, 4.69) is 18.1 Å². The lowest BCUT2D eigenvalue weighted by atomic mass is 9.84. The van der Waals surface area contributed by atoms with E-state index in [-0.39, 0.29) is 0 Å². The van der Waals surface area contributed by atoms with Crippen LogP contribution in [0, 0.1) is 5.92 Å². The van der Waals surface area contributed by atoms with Crippen LogP contribution in [0.1, 0.15) is 27.2 Å². The molecule has 0 aliphatic carbocycles. The maximum absolute atomic E-state index is 9.75. The molecule has 84 valence electrons. The van der Waals surface area contributed by atoms with Gasteiger partial charge in [-0.25, -0.2) is 0 Å². The number of hydrogen-bond acceptors (Lipinski definition) is 3. The predicted octanol–water partition coefficient (Wildman–Crippen LogP) is 1.83. The molecule has 1 saturated heterocycles. The van der Waals surface area contributed by atoms with Crippen molar-refractivity contribution in [3.63, 3.8) is 0 Å². The van der Waals surface area contributed by atoms with Gasteiger partial charge in [0.15, 0.2) is 0 Å². The summed E-state index contributed by atoms with van der Waals surface area (Å²) in [5.41, 5.74) is -0.485. The van der Waals surface area contributed by atoms with Crippen molar-refractivity contribution < 1.29 is 5.11 Å². The van der Waals surface area contributed by atoms with E-state index in [0.717, 1.165) is 18.3 Å². The van der Waals surface area contributed by atoms with Gasteiger partial charge in [-0.3, -0.25) is 0 Å². The minimum atomic E-state index is -0.485. The molecule has 0 saturated carbocycles. The van der Waals surface area contributed by atoms with Gasteiger partial charge < -0.3 is 10.0 Å². The van der Waals surface area contributed by atoms with Crippen LogP contribution in [0.3, 0.4) is 0 Å². The quantitative estimate of drug-likeness (QED) is 0.760. The van der Waals surface area contributed by atoms with Gasteiger partial charge in [-0.1, -0.05) is 6.92 Å². The maximum atomic E-state index is 9.75. The van der Waals surface area contributed by atoms with Crippen molar-refractivity contribution in [2.75, 3.05) is 25.9 Å². The smallest absolute Gasteiger partial charge is 0.0644 e. The number of aliphatic hydroxyl groups is 1. The largest absolute Gasteiger partial charge is 0.390 e. The molecule has 1 fully saturated rings. The third-order valence-electron chi connectivity index (χ3n) is 3.21. The van der Waals surface area contributed by atoms with E-state index in [4.69, 9.17) is 0 Å². The average Bonchev–Trinajstić information content (AvgIpc) is 1.98. The summed E-state index contributed by atoms with van der Waals surface area (Å²) >= 11 is 1.93. The molecule has 0 aromatic carbocycles. The van der Waals surface area contributed by atoms with E-state index in [9.17, 15) is 5.11 Å². The molecular weight excluding hydrogens is 194 g/mol. The second-order valence-electron chi connectivity index (χ2n) is 4.95. The summed E-state index contributed by atoms with van der Waals surface area (Å²) in [6, 6.07) is 0. The van der Waals surface area contributed by atoms with Crippen molar-refractivity contribution in [2.45, 2.75) is 38.0 Å². The lowest BCUT2D eigenvalue weighted by Gasteiger charge is -2.45. The molecule has 1 unspecified atom stereocenters. The Morgan fingerprint density at radius 2 is 2.07 bits per heavy atom. The van der Waals surface area contributed by atoms with E-state index in [1.807, 2.05) is 25.6 Å². The fraction of sp³-hybridized carbons (Fsp3) is 1.00. The van der Waals surface area contributed by atoms with Crippen LogP contribution >= 0.6 is 11.8 Å². The lowest BCUT2D eigenvalue weighted by Crippen LogP contribution is -2.55. The summed E-state index contributed by atoms with van der Waals surface area (Å²) in [7, 11) is 0. The molecule has 1 aliphatic rings. The Hall–Kier alpha value is 0.270. The van der Waals surface area contributed by atoms with Crippen LogP contribution in [-0.4, -0.2) is 46.7 Å². The number of hydrogen-bond donors (Lipinski definition) is 1. The third kappa shape index (κ3) is 3.44. The maximum Gasteiger partial charge on any atom is 0.0644 e. The normalized spacial score (nSPS) is 22.1. The first-order valence-corrected chi connectivity index (χ1v) is 6.69. The first-order valence-electron chi connectivity index (χ1n) is 5.41. The summed E-state index contributed by atoms with van der Waals surface area (Å²) in [5, 5.41) is 10.5. The SMILES string of the molecule is CSC(C)CCN1CC(C(C)(C)O)C1. The van der Waals surface area contributed by atoms with Crippen molar-refractivity contribution in [1.29, 1.82) is 0 Å². The second kappa shape index (κ2) is 4.86. The first kappa shape index (κ1) is 12.3. The van der Waals surface area contributed by atoms with E-state index < -0.39 is 5.60 Å². The van der Waals surface area contributed by atoms with Gasteiger partial charge in [0, 0.05) is 24.3 Å². The minimum Gasteiger partial charge on any atom is -0.390 e. The molecule has 1 rings (SSSR count). The third-order valence-corrected chi connectivity index (χ3v) is 4.25. The van der Waals surface area contributed by atoms with Crippen molar-refractivity contribution in [2.24, 2.45) is 5.92 Å². The highest BCUT2D eigenvalue weighted by Gasteiger charge is 2.36. The minimum absolute atomic E-state index is 0.479. The van der Waals surface area contributed by atoms with Crippen LogP contribution in [0.5, 0.6) is 0 Å². The Bertz CT molecular complexity index is 173. The average molecular weight is 217 g/mol. The van der Waals surface area contributed by atoms with Gasteiger partial charge in [0.25, 0.3) is 0 Å². The highest BCUT2D eigenvalue weighted by atomic mass is 32.2. The van der Waals surface area contributed by atoms with Crippen LogP contribution in [0.25, 0.3) is 0 Å². The predicted molar refractivity (Wildman–Crippen MR) is 63.8 cm³/mol. The Morgan fingerprint density at radius 1 is 1.50 bits per heavy atom. The van der Waals surface area contributed by atoms with E-state index in [0.29, 0.717) is 5.92 Å². The Balaban J connectivity index is 2.10. The molecule has 0 bridgehead atoms. The van der Waals surface area contributed by atoms with Crippen molar-refractivity contribution in [1.82, 2.24) is 4.90 Å². The zero-order chi connectivity index (χ0) is 10.8. The monoisotopic (exact) mass is 217 g/mol. The van der Waals surface area contributed by atoms with Crippen LogP contribution in [-0.2, 0) is 0 Å². The molecule has 1 atom stereocenters. The summed E-state index contributed by atoms with van der Waals surface area (Å²) in [6.07, 6.45) is 3.43. The van der Waals surface area contributed by atoms with Crippen molar-refractivity contribution in [3.05, 3.63) is 0 Å². The van der Waals surface area contributed by atoms with Gasteiger partial charge in [0.2, 0.25) is 0 Å². The van der Waals surface area contributed by atoms with Crippen LogP contribution < -0.4 is 0 Å². The van der Waals surface area contributed by atoms with E-state index in [1.165, 1.54) is 13.0 Å². The van der Waals surface area contributed by atoms with Crippen molar-refractivity contribution >= 4 is 11.8 Å². The highest BCUT2D eigenvalue weighted by molar-refractivity contribution is 7.99. The van der Waals surface area contributed by atoms with Gasteiger partial charge in [0.05, 0.1) is 5.60 Å². The molecule has 1 heterocycles. The number of thioether (sulfide) groups is 1. The molecular formula is C11H23NOS. The van der Waals surface area contributed by atoms with Crippen LogP contribution in [0.4, 0.5) is 0 Å². The summed E-state index contributed by atoms with van der Waals surface area (Å²) in [6.45, 7) is 9.45. The summed E-state index contributed by atoms with van der Waals surface area (Å²) in [4.78, 5) is 2.44. The van der Waals surface area contributed by atoms with Crippen LogP contribution in [0.15, 0.2) is 0 Å². The topological polar surface area (TPSA) is 23.5 Å². The molecule has 14 heavy (non-hydrogen) atoms. The van der Waals surface area contributed by atoms with E-state index >= 15 is 0 Å². The van der Waals surface area contributed by atoms with Gasteiger partial charge in [0.1, 0.15) is 0 Å². The Morgan fingerprint density at radius 3 is 2.50 bits per heavy atom. The molecule has 0 radical (unpaired) electrons. The molecule has 0 amide bonds. The molecule has 0 aromatic rings. The second-order valence-corrected chi connectivity index (χ2v) is 6.22. The summed E-state index contributed by atoms with van der Waals surface area (Å²) < 4.78 is 0. The van der Waals surface area contributed by atoms with Crippen molar-refractivity contribution in [3.8, 4) is 0 Å². The Kier molecular flexibility index (Phi) is 4.29. The molecule has 0 spiro atoms. The molecule has 0 aromatic heterocycles. The lowest BCUT2D eigenvalue weighted by molar-refractivity contribution is -0.0617. The number of nitrogens with zero attached hydrogens (tertiary/aromatic N) is 1. The summed E-state index contributed by atoms with van der Waals surface area (Å²) in [5.74, 6) is 0.479. The Labute approximate surface area is 92.1 Å². The first-order chi connectivity index (χ1) is 6.43. The molecule has 2 nitrogen and oxygen atoms in total.